The Morgan fingerprint density at radius 2 is 1.69 bits per heavy atom. The SMILES string of the molecule is C[C@H](NC(=O)C1CCN(C(=O)[C@@H](N)Cc2ccccc2)CC1)C(=O)Nc1ccc(F)cc1. The quantitative estimate of drug-likeness (QED) is 0.613. The number of nitrogens with two attached hydrogens (primary N) is 1. The maximum Gasteiger partial charge on any atom is 0.246 e. The van der Waals surface area contributed by atoms with Crippen LogP contribution in [-0.2, 0) is 20.8 Å². The van der Waals surface area contributed by atoms with Crippen molar-refractivity contribution in [3.8, 4) is 0 Å². The van der Waals surface area contributed by atoms with Gasteiger partial charge in [0.25, 0.3) is 0 Å². The van der Waals surface area contributed by atoms with Gasteiger partial charge in [0.1, 0.15) is 11.9 Å². The van der Waals surface area contributed by atoms with Gasteiger partial charge < -0.3 is 21.3 Å². The zero-order chi connectivity index (χ0) is 23.1. The molecule has 1 aliphatic heterocycles. The molecule has 3 rings (SSSR count). The first-order valence-corrected chi connectivity index (χ1v) is 10.8. The molecule has 0 saturated carbocycles. The molecule has 4 N–H and O–H groups in total. The molecule has 0 spiro atoms. The zero-order valence-electron chi connectivity index (χ0n) is 18.1. The molecule has 32 heavy (non-hydrogen) atoms. The lowest BCUT2D eigenvalue weighted by Crippen LogP contribution is -2.51. The minimum Gasteiger partial charge on any atom is -0.344 e. The molecule has 1 aliphatic rings. The Hall–Kier alpha value is -3.26. The fourth-order valence-corrected chi connectivity index (χ4v) is 3.73. The van der Waals surface area contributed by atoms with Gasteiger partial charge in [-0.2, -0.15) is 0 Å². The summed E-state index contributed by atoms with van der Waals surface area (Å²) in [7, 11) is 0. The van der Waals surface area contributed by atoms with Gasteiger partial charge in [0.05, 0.1) is 6.04 Å². The van der Waals surface area contributed by atoms with Crippen LogP contribution in [0.1, 0.15) is 25.3 Å². The van der Waals surface area contributed by atoms with Crippen LogP contribution in [0, 0.1) is 11.7 Å². The van der Waals surface area contributed by atoms with Gasteiger partial charge in [-0.3, -0.25) is 14.4 Å². The van der Waals surface area contributed by atoms with Gasteiger partial charge in [-0.05, 0) is 56.0 Å². The Bertz CT molecular complexity index is 928. The van der Waals surface area contributed by atoms with Gasteiger partial charge in [-0.15, -0.1) is 0 Å². The largest absolute Gasteiger partial charge is 0.344 e. The van der Waals surface area contributed by atoms with Crippen LogP contribution in [0.15, 0.2) is 54.6 Å². The van der Waals surface area contributed by atoms with E-state index in [1.807, 2.05) is 30.3 Å². The van der Waals surface area contributed by atoms with E-state index in [2.05, 4.69) is 10.6 Å². The number of hydrogen-bond donors (Lipinski definition) is 3. The van der Waals surface area contributed by atoms with Crippen LogP contribution in [0.4, 0.5) is 10.1 Å². The molecule has 1 saturated heterocycles. The second-order valence-corrected chi connectivity index (χ2v) is 8.12. The highest BCUT2D eigenvalue weighted by atomic mass is 19.1. The number of carbonyl (C=O) groups is 3. The van der Waals surface area contributed by atoms with E-state index in [-0.39, 0.29) is 23.6 Å². The molecule has 170 valence electrons. The van der Waals surface area contributed by atoms with Crippen molar-refractivity contribution in [1.29, 1.82) is 0 Å². The molecule has 0 bridgehead atoms. The van der Waals surface area contributed by atoms with Gasteiger partial charge in [0.15, 0.2) is 0 Å². The third-order valence-corrected chi connectivity index (χ3v) is 5.66. The van der Waals surface area contributed by atoms with E-state index < -0.39 is 17.9 Å². The minimum atomic E-state index is -0.744. The predicted octanol–water partition coefficient (Wildman–Crippen LogP) is 2.08. The number of halogens is 1. The molecular formula is C24H29FN4O3. The van der Waals surface area contributed by atoms with Crippen LogP contribution in [0.5, 0.6) is 0 Å². The zero-order valence-corrected chi connectivity index (χ0v) is 18.1. The molecule has 3 amide bonds. The third kappa shape index (κ3) is 6.37. The van der Waals surface area contributed by atoms with E-state index >= 15 is 0 Å². The molecular weight excluding hydrogens is 411 g/mol. The van der Waals surface area contributed by atoms with E-state index in [0.717, 1.165) is 5.56 Å². The highest BCUT2D eigenvalue weighted by molar-refractivity contribution is 5.97. The highest BCUT2D eigenvalue weighted by Crippen LogP contribution is 2.19. The van der Waals surface area contributed by atoms with Gasteiger partial charge >= 0.3 is 0 Å². The van der Waals surface area contributed by atoms with Crippen LogP contribution in [0.3, 0.4) is 0 Å². The predicted molar refractivity (Wildman–Crippen MR) is 120 cm³/mol. The van der Waals surface area contributed by atoms with Crippen molar-refractivity contribution in [2.75, 3.05) is 18.4 Å². The van der Waals surface area contributed by atoms with Gasteiger partial charge in [-0.25, -0.2) is 4.39 Å². The lowest BCUT2D eigenvalue weighted by atomic mass is 9.94. The second kappa shape index (κ2) is 10.9. The lowest BCUT2D eigenvalue weighted by molar-refractivity contribution is -0.137. The number of likely N-dealkylation sites (tertiary alicyclic amines) is 1. The maximum atomic E-state index is 13.0. The summed E-state index contributed by atoms with van der Waals surface area (Å²) in [6, 6.07) is 13.7. The first-order valence-electron chi connectivity index (χ1n) is 10.8. The summed E-state index contributed by atoms with van der Waals surface area (Å²) < 4.78 is 13.0. The normalized spacial score (nSPS) is 16.2. The number of nitrogens with zero attached hydrogens (tertiary/aromatic N) is 1. The number of benzene rings is 2. The summed E-state index contributed by atoms with van der Waals surface area (Å²) >= 11 is 0. The summed E-state index contributed by atoms with van der Waals surface area (Å²) in [4.78, 5) is 39.3. The van der Waals surface area contributed by atoms with Crippen molar-refractivity contribution < 1.29 is 18.8 Å². The Morgan fingerprint density at radius 1 is 1.06 bits per heavy atom. The third-order valence-electron chi connectivity index (χ3n) is 5.66. The van der Waals surface area contributed by atoms with E-state index in [1.165, 1.54) is 24.3 Å². The van der Waals surface area contributed by atoms with Crippen molar-refractivity contribution >= 4 is 23.4 Å². The number of piperidine rings is 1. The van der Waals surface area contributed by atoms with Gasteiger partial charge in [0, 0.05) is 24.7 Å². The number of carbonyl (C=O) groups excluding carboxylic acids is 3. The lowest BCUT2D eigenvalue weighted by Gasteiger charge is -2.33. The van der Waals surface area contributed by atoms with Crippen LogP contribution in [0.25, 0.3) is 0 Å². The average Bonchev–Trinajstić information content (AvgIpc) is 2.80. The summed E-state index contributed by atoms with van der Waals surface area (Å²) in [5.74, 6) is -1.38. The standard InChI is InChI=1S/C24H29FN4O3/c1-16(22(30)28-20-9-7-19(25)8-10-20)27-23(31)18-11-13-29(14-12-18)24(32)21(26)15-17-5-3-2-4-6-17/h2-10,16,18,21H,11-15,26H2,1H3,(H,27,31)(H,28,30)/t16-,21-/m0/s1. The number of anilines is 1. The van der Waals surface area contributed by atoms with Crippen molar-refractivity contribution in [2.24, 2.45) is 11.7 Å². The molecule has 1 heterocycles. The Kier molecular flexibility index (Phi) is 7.94. The fourth-order valence-electron chi connectivity index (χ4n) is 3.73. The maximum absolute atomic E-state index is 13.0. The molecule has 0 radical (unpaired) electrons. The molecule has 0 unspecified atom stereocenters. The first kappa shape index (κ1) is 23.4. The minimum absolute atomic E-state index is 0.111. The average molecular weight is 441 g/mol. The summed E-state index contributed by atoms with van der Waals surface area (Å²) in [6.07, 6.45) is 1.50. The number of hydrogen-bond acceptors (Lipinski definition) is 4. The van der Waals surface area contributed by atoms with Crippen LogP contribution in [-0.4, -0.2) is 47.8 Å². The molecule has 2 aromatic rings. The summed E-state index contributed by atoms with van der Waals surface area (Å²) in [5, 5.41) is 5.37. The molecule has 0 aromatic heterocycles. The number of amides is 3. The van der Waals surface area contributed by atoms with Gasteiger partial charge in [0.2, 0.25) is 17.7 Å². The summed E-state index contributed by atoms with van der Waals surface area (Å²) in [5.41, 5.74) is 7.57. The monoisotopic (exact) mass is 440 g/mol. The molecule has 1 fully saturated rings. The fraction of sp³-hybridized carbons (Fsp3) is 0.375. The molecule has 8 heteroatoms. The van der Waals surface area contributed by atoms with Crippen molar-refractivity contribution in [3.05, 3.63) is 66.0 Å². The Labute approximate surface area is 187 Å². The van der Waals surface area contributed by atoms with Gasteiger partial charge in [-0.1, -0.05) is 30.3 Å². The number of rotatable bonds is 7. The smallest absolute Gasteiger partial charge is 0.246 e. The second-order valence-electron chi connectivity index (χ2n) is 8.12. The highest BCUT2D eigenvalue weighted by Gasteiger charge is 2.30. The van der Waals surface area contributed by atoms with Crippen molar-refractivity contribution in [2.45, 2.75) is 38.3 Å². The van der Waals surface area contributed by atoms with Crippen LogP contribution in [0.2, 0.25) is 0 Å². The summed E-state index contributed by atoms with van der Waals surface area (Å²) in [6.45, 7) is 2.50. The molecule has 2 atom stereocenters. The molecule has 7 nitrogen and oxygen atoms in total. The van der Waals surface area contributed by atoms with Crippen molar-refractivity contribution in [1.82, 2.24) is 10.2 Å². The molecule has 2 aromatic carbocycles. The van der Waals surface area contributed by atoms with E-state index in [0.29, 0.717) is 38.0 Å². The van der Waals surface area contributed by atoms with Crippen LogP contribution < -0.4 is 16.4 Å². The number of nitrogens with one attached hydrogen (secondary N) is 2. The van der Waals surface area contributed by atoms with E-state index in [9.17, 15) is 18.8 Å². The molecule has 0 aliphatic carbocycles. The Morgan fingerprint density at radius 3 is 2.31 bits per heavy atom. The van der Waals surface area contributed by atoms with E-state index in [4.69, 9.17) is 5.73 Å². The van der Waals surface area contributed by atoms with Crippen molar-refractivity contribution in [3.63, 3.8) is 0 Å². The Balaban J connectivity index is 1.43. The van der Waals surface area contributed by atoms with E-state index in [1.54, 1.807) is 11.8 Å². The van der Waals surface area contributed by atoms with Crippen LogP contribution >= 0.6 is 0 Å². The topological polar surface area (TPSA) is 105 Å². The first-order chi connectivity index (χ1) is 15.3.